The third kappa shape index (κ3) is 11.9. The van der Waals surface area contributed by atoms with Gasteiger partial charge in [0.15, 0.2) is 12.1 Å². The van der Waals surface area contributed by atoms with Gasteiger partial charge in [-0.1, -0.05) is 51.7 Å². The van der Waals surface area contributed by atoms with Crippen molar-refractivity contribution in [2.75, 3.05) is 13.7 Å². The quantitative estimate of drug-likeness (QED) is 0.138. The van der Waals surface area contributed by atoms with Gasteiger partial charge >= 0.3 is 11.9 Å². The third-order valence-electron chi connectivity index (χ3n) is 7.37. The summed E-state index contributed by atoms with van der Waals surface area (Å²) in [4.78, 5) is 36.0. The van der Waals surface area contributed by atoms with Gasteiger partial charge in [-0.15, -0.1) is 0 Å². The van der Waals surface area contributed by atoms with Crippen molar-refractivity contribution in [1.29, 1.82) is 0 Å². The number of allylic oxidation sites excluding steroid dienone is 2. The fourth-order valence-electron chi connectivity index (χ4n) is 5.41. The molecule has 6 atom stereocenters. The minimum Gasteiger partial charge on any atom is -0.466 e. The van der Waals surface area contributed by atoms with Crippen LogP contribution in [0.4, 0.5) is 0 Å². The zero-order chi connectivity index (χ0) is 27.0. The van der Waals surface area contributed by atoms with Crippen molar-refractivity contribution in [2.24, 2.45) is 17.8 Å². The molecule has 1 unspecified atom stereocenters. The summed E-state index contributed by atoms with van der Waals surface area (Å²) in [5, 5.41) is 0. The van der Waals surface area contributed by atoms with Crippen LogP contribution in [0.2, 0.25) is 0 Å². The molecule has 0 aromatic carbocycles. The first kappa shape index (κ1) is 31.2. The lowest BCUT2D eigenvalue weighted by molar-refractivity contribution is -0.193. The Bertz CT molecular complexity index is 753. The number of methoxy groups -OCH3 is 1. The molecule has 1 aliphatic heterocycles. The van der Waals surface area contributed by atoms with E-state index in [0.29, 0.717) is 25.4 Å². The number of esters is 2. The van der Waals surface area contributed by atoms with E-state index < -0.39 is 0 Å². The Balaban J connectivity index is 2.10. The predicted molar refractivity (Wildman–Crippen MR) is 143 cm³/mol. The van der Waals surface area contributed by atoms with Gasteiger partial charge in [0, 0.05) is 44.3 Å². The summed E-state index contributed by atoms with van der Waals surface area (Å²) in [6.45, 7) is 6.44. The zero-order valence-electron chi connectivity index (χ0n) is 23.3. The minimum absolute atomic E-state index is 0.0321. The Morgan fingerprint density at radius 1 is 1.08 bits per heavy atom. The molecule has 0 amide bonds. The number of rotatable bonds is 16. The van der Waals surface area contributed by atoms with Crippen LogP contribution in [0.15, 0.2) is 24.3 Å². The second-order valence-electron chi connectivity index (χ2n) is 10.6. The van der Waals surface area contributed by atoms with E-state index in [9.17, 15) is 14.4 Å². The number of hydrogen-bond acceptors (Lipinski definition) is 7. The van der Waals surface area contributed by atoms with Crippen LogP contribution in [-0.4, -0.2) is 49.9 Å². The molecule has 37 heavy (non-hydrogen) atoms. The Labute approximate surface area is 223 Å². The van der Waals surface area contributed by atoms with Crippen molar-refractivity contribution in [3.63, 3.8) is 0 Å². The third-order valence-corrected chi connectivity index (χ3v) is 7.37. The lowest BCUT2D eigenvalue weighted by Crippen LogP contribution is -2.30. The molecule has 0 radical (unpaired) electrons. The highest BCUT2D eigenvalue weighted by Gasteiger charge is 2.45. The van der Waals surface area contributed by atoms with Crippen LogP contribution in [-0.2, 0) is 33.3 Å². The molecule has 1 aliphatic carbocycles. The fourth-order valence-corrected chi connectivity index (χ4v) is 5.41. The van der Waals surface area contributed by atoms with Gasteiger partial charge in [0.05, 0.1) is 13.2 Å². The Morgan fingerprint density at radius 2 is 1.89 bits per heavy atom. The van der Waals surface area contributed by atoms with Gasteiger partial charge < -0.3 is 18.9 Å². The van der Waals surface area contributed by atoms with Crippen LogP contribution >= 0.6 is 0 Å². The molecule has 2 rings (SSSR count). The van der Waals surface area contributed by atoms with Gasteiger partial charge in [-0.3, -0.25) is 9.59 Å². The lowest BCUT2D eigenvalue weighted by Gasteiger charge is -2.29. The smallest absolute Gasteiger partial charge is 0.330 e. The second kappa shape index (κ2) is 17.5. The number of ketones is 1. The summed E-state index contributed by atoms with van der Waals surface area (Å²) in [6, 6.07) is 0. The summed E-state index contributed by atoms with van der Waals surface area (Å²) in [5.74, 6) is -0.118. The predicted octanol–water partition coefficient (Wildman–Crippen LogP) is 6.10. The van der Waals surface area contributed by atoms with Gasteiger partial charge in [-0.25, -0.2) is 4.79 Å². The first-order chi connectivity index (χ1) is 17.8. The average molecular weight is 521 g/mol. The maximum absolute atomic E-state index is 12.8. The van der Waals surface area contributed by atoms with Crippen molar-refractivity contribution >= 4 is 17.7 Å². The molecule has 0 N–H and O–H groups in total. The van der Waals surface area contributed by atoms with Gasteiger partial charge in [0.1, 0.15) is 6.10 Å². The van der Waals surface area contributed by atoms with E-state index >= 15 is 0 Å². The summed E-state index contributed by atoms with van der Waals surface area (Å²) in [6.07, 6.45) is 17.2. The van der Waals surface area contributed by atoms with Crippen LogP contribution < -0.4 is 0 Å². The van der Waals surface area contributed by atoms with Crippen molar-refractivity contribution in [1.82, 2.24) is 0 Å². The number of hydrogen-bond donors (Lipinski definition) is 0. The summed E-state index contributed by atoms with van der Waals surface area (Å²) < 4.78 is 22.7. The summed E-state index contributed by atoms with van der Waals surface area (Å²) >= 11 is 0. The van der Waals surface area contributed by atoms with Crippen LogP contribution in [0.5, 0.6) is 0 Å². The fraction of sp³-hybridized carbons (Fsp3) is 0.767. The van der Waals surface area contributed by atoms with Crippen molar-refractivity contribution in [2.45, 2.75) is 116 Å². The number of carbonyl (C=O) groups excluding carboxylic acids is 3. The standard InChI is InChI=1S/C30H48O7/c1-5-6-13-22(2)20-24(32)17-18-26-25(14-9-7-8-10-15-29(33)34-4)27(36-23(3)31)21-28(26)37-30-16-11-12-19-35-30/h10,15,17-18,22,25-28,30H,5-9,11-14,16,19-21H2,1-4H3/b15-10+,18-17+/t22-,25+,26+,27-,28+,30?/m0/s1. The van der Waals surface area contributed by atoms with E-state index in [4.69, 9.17) is 14.2 Å². The molecule has 0 bridgehead atoms. The highest BCUT2D eigenvalue weighted by Crippen LogP contribution is 2.41. The summed E-state index contributed by atoms with van der Waals surface area (Å²) in [5.41, 5.74) is 0. The second-order valence-corrected chi connectivity index (χ2v) is 10.6. The molecule has 7 nitrogen and oxygen atoms in total. The molecule has 0 aromatic heterocycles. The van der Waals surface area contributed by atoms with Crippen LogP contribution in [0, 0.1) is 17.8 Å². The van der Waals surface area contributed by atoms with E-state index in [0.717, 1.165) is 64.2 Å². The zero-order valence-corrected chi connectivity index (χ0v) is 23.3. The monoisotopic (exact) mass is 520 g/mol. The largest absolute Gasteiger partial charge is 0.466 e. The molecule has 0 spiro atoms. The van der Waals surface area contributed by atoms with E-state index in [1.165, 1.54) is 20.1 Å². The molecular weight excluding hydrogens is 472 g/mol. The van der Waals surface area contributed by atoms with Gasteiger partial charge in [-0.2, -0.15) is 0 Å². The lowest BCUT2D eigenvalue weighted by atomic mass is 9.87. The van der Waals surface area contributed by atoms with Crippen molar-refractivity contribution in [3.8, 4) is 0 Å². The first-order valence-electron chi connectivity index (χ1n) is 14.2. The highest BCUT2D eigenvalue weighted by atomic mass is 16.7. The van der Waals surface area contributed by atoms with E-state index in [1.54, 1.807) is 6.08 Å². The first-order valence-corrected chi connectivity index (χ1v) is 14.2. The maximum Gasteiger partial charge on any atom is 0.330 e. The molecule has 0 aromatic rings. The van der Waals surface area contributed by atoms with Crippen molar-refractivity contribution in [3.05, 3.63) is 24.3 Å². The SMILES string of the molecule is CCCC[C@H](C)CC(=O)/C=C/[C@@H]1[C@@H](CCCC/C=C/C(=O)OC)[C@@H](OC(C)=O)C[C@H]1OC1CCCCO1. The normalized spacial score (nSPS) is 27.0. The summed E-state index contributed by atoms with van der Waals surface area (Å²) in [7, 11) is 1.36. The molecule has 2 aliphatic rings. The topological polar surface area (TPSA) is 88.1 Å². The highest BCUT2D eigenvalue weighted by molar-refractivity contribution is 5.89. The molecule has 1 heterocycles. The van der Waals surface area contributed by atoms with Crippen LogP contribution in [0.25, 0.3) is 0 Å². The van der Waals surface area contributed by atoms with E-state index in [2.05, 4.69) is 18.6 Å². The Morgan fingerprint density at radius 3 is 2.57 bits per heavy atom. The van der Waals surface area contributed by atoms with E-state index in [-0.39, 0.29) is 48.1 Å². The minimum atomic E-state index is -0.352. The number of carbonyl (C=O) groups is 3. The van der Waals surface area contributed by atoms with Gasteiger partial charge in [0.2, 0.25) is 0 Å². The van der Waals surface area contributed by atoms with E-state index in [1.807, 2.05) is 12.2 Å². The number of unbranched alkanes of at least 4 members (excludes halogenated alkanes) is 3. The molecular formula is C30H48O7. The van der Waals surface area contributed by atoms with Crippen molar-refractivity contribution < 1.29 is 33.3 Å². The molecule has 1 saturated heterocycles. The molecule has 1 saturated carbocycles. The number of ether oxygens (including phenoxy) is 4. The van der Waals surface area contributed by atoms with Crippen LogP contribution in [0.1, 0.15) is 97.8 Å². The van der Waals surface area contributed by atoms with Gasteiger partial charge in [0.25, 0.3) is 0 Å². The van der Waals surface area contributed by atoms with Gasteiger partial charge in [-0.05, 0) is 50.5 Å². The molecule has 2 fully saturated rings. The Kier molecular flexibility index (Phi) is 14.8. The molecule has 210 valence electrons. The maximum atomic E-state index is 12.8. The average Bonchev–Trinajstić information content (AvgIpc) is 3.18. The van der Waals surface area contributed by atoms with Crippen LogP contribution in [0.3, 0.4) is 0 Å². The Hall–Kier alpha value is -1.99. The molecule has 7 heteroatoms.